The highest BCUT2D eigenvalue weighted by Crippen LogP contribution is 2.46. The molecule has 4 aromatic rings. The molecule has 1 spiro atoms. The first-order chi connectivity index (χ1) is 17.6. The number of hydrogen-bond donors (Lipinski definition) is 1. The van der Waals surface area contributed by atoms with Crippen molar-refractivity contribution in [2.45, 2.75) is 43.9 Å². The van der Waals surface area contributed by atoms with Crippen molar-refractivity contribution in [1.82, 2.24) is 30.2 Å². The summed E-state index contributed by atoms with van der Waals surface area (Å²) < 4.78 is 1.75. The maximum Gasteiger partial charge on any atom is 0.290 e. The lowest BCUT2D eigenvalue weighted by molar-refractivity contribution is -0.133. The van der Waals surface area contributed by atoms with Gasteiger partial charge in [0.25, 0.3) is 11.8 Å². The van der Waals surface area contributed by atoms with E-state index in [2.05, 4.69) is 10.5 Å². The Balaban J connectivity index is 1.46. The molecule has 3 heterocycles. The van der Waals surface area contributed by atoms with Gasteiger partial charge in [-0.2, -0.15) is 5.10 Å². The van der Waals surface area contributed by atoms with E-state index in [1.807, 2.05) is 67.6 Å². The second-order valence-electron chi connectivity index (χ2n) is 9.26. The van der Waals surface area contributed by atoms with Crippen molar-refractivity contribution in [3.63, 3.8) is 0 Å². The molecule has 2 aliphatic rings. The van der Waals surface area contributed by atoms with Crippen molar-refractivity contribution in [1.29, 1.82) is 0 Å². The Morgan fingerprint density at radius 3 is 2.39 bits per heavy atom. The topological polar surface area (TPSA) is 93.0 Å². The average Bonchev–Trinajstić information content (AvgIpc) is 3.41. The standard InChI is InChI=1S/C27H26N6O2S/c1-18-22-25(32(30-18)20-13-7-3-8-14-20)29-23(19-11-5-2-6-12-19)24(28-22)26(35)31-33-21(34)17-36-27(33)15-9-4-10-16-27/h2-3,5-8,11-14H,4,9-10,15-17H2,1H3,(H,31,35). The van der Waals surface area contributed by atoms with Gasteiger partial charge in [0.05, 0.1) is 17.1 Å². The number of hydrogen-bond acceptors (Lipinski definition) is 6. The minimum absolute atomic E-state index is 0.0707. The van der Waals surface area contributed by atoms with Gasteiger partial charge in [0.1, 0.15) is 16.1 Å². The molecule has 6 rings (SSSR count). The van der Waals surface area contributed by atoms with Crippen LogP contribution in [-0.4, -0.2) is 47.2 Å². The Kier molecular flexibility index (Phi) is 5.72. The first-order valence-corrected chi connectivity index (χ1v) is 13.2. The zero-order chi connectivity index (χ0) is 24.7. The molecule has 1 N–H and O–H groups in total. The van der Waals surface area contributed by atoms with Gasteiger partial charge in [-0.15, -0.1) is 11.8 Å². The van der Waals surface area contributed by atoms with Gasteiger partial charge in [-0.05, 0) is 31.9 Å². The first kappa shape index (κ1) is 22.7. The van der Waals surface area contributed by atoms with E-state index in [-0.39, 0.29) is 16.5 Å². The van der Waals surface area contributed by atoms with E-state index in [9.17, 15) is 9.59 Å². The molecular formula is C27H26N6O2S. The van der Waals surface area contributed by atoms with Crippen LogP contribution in [0.3, 0.4) is 0 Å². The number of aromatic nitrogens is 4. The minimum Gasteiger partial charge on any atom is -0.272 e. The molecule has 2 amide bonds. The minimum atomic E-state index is -0.434. The summed E-state index contributed by atoms with van der Waals surface area (Å²) in [5.74, 6) is -0.131. The fraction of sp³-hybridized carbons (Fsp3) is 0.296. The number of fused-ring (bicyclic) bond motifs is 1. The number of rotatable bonds is 4. The van der Waals surface area contributed by atoms with Gasteiger partial charge >= 0.3 is 0 Å². The number of nitrogens with zero attached hydrogens (tertiary/aromatic N) is 5. The van der Waals surface area contributed by atoms with Crippen LogP contribution in [-0.2, 0) is 4.79 Å². The molecule has 1 saturated heterocycles. The van der Waals surface area contributed by atoms with E-state index >= 15 is 0 Å². The second-order valence-corrected chi connectivity index (χ2v) is 10.6. The molecule has 1 aliphatic heterocycles. The lowest BCUT2D eigenvalue weighted by atomic mass is 9.94. The summed E-state index contributed by atoms with van der Waals surface area (Å²) in [6, 6.07) is 19.3. The fourth-order valence-electron chi connectivity index (χ4n) is 5.11. The Labute approximate surface area is 213 Å². The molecular weight excluding hydrogens is 472 g/mol. The largest absolute Gasteiger partial charge is 0.290 e. The summed E-state index contributed by atoms with van der Waals surface area (Å²) in [6.07, 6.45) is 5.01. The van der Waals surface area contributed by atoms with Crippen LogP contribution in [0.2, 0.25) is 0 Å². The molecule has 0 radical (unpaired) electrons. The molecule has 1 aliphatic carbocycles. The summed E-state index contributed by atoms with van der Waals surface area (Å²) >= 11 is 1.64. The van der Waals surface area contributed by atoms with E-state index in [0.29, 0.717) is 28.3 Å². The molecule has 9 heteroatoms. The van der Waals surface area contributed by atoms with Crippen LogP contribution in [0.5, 0.6) is 0 Å². The van der Waals surface area contributed by atoms with Crippen LogP contribution in [0.4, 0.5) is 0 Å². The van der Waals surface area contributed by atoms with Gasteiger partial charge in [-0.3, -0.25) is 15.0 Å². The van der Waals surface area contributed by atoms with Crippen LogP contribution < -0.4 is 5.43 Å². The predicted molar refractivity (Wildman–Crippen MR) is 139 cm³/mol. The van der Waals surface area contributed by atoms with Crippen LogP contribution in [0.25, 0.3) is 28.1 Å². The fourth-order valence-corrected chi connectivity index (χ4v) is 6.48. The maximum atomic E-state index is 13.8. The predicted octanol–water partition coefficient (Wildman–Crippen LogP) is 4.67. The SMILES string of the molecule is Cc1nn(-c2ccccc2)c2nc(-c3ccccc3)c(C(=O)NN3C(=O)CSC34CCCCC4)nc12. The number of aryl methyl sites for hydroxylation is 1. The molecule has 2 aromatic carbocycles. The molecule has 1 saturated carbocycles. The Morgan fingerprint density at radius 1 is 0.972 bits per heavy atom. The number of para-hydroxylation sites is 1. The van der Waals surface area contributed by atoms with Gasteiger partial charge in [0.15, 0.2) is 11.3 Å². The van der Waals surface area contributed by atoms with Crippen molar-refractivity contribution in [3.8, 4) is 16.9 Å². The van der Waals surface area contributed by atoms with E-state index in [4.69, 9.17) is 9.97 Å². The zero-order valence-electron chi connectivity index (χ0n) is 20.0. The monoisotopic (exact) mass is 498 g/mol. The average molecular weight is 499 g/mol. The molecule has 182 valence electrons. The first-order valence-electron chi connectivity index (χ1n) is 12.2. The van der Waals surface area contributed by atoms with Gasteiger partial charge in [-0.1, -0.05) is 67.8 Å². The van der Waals surface area contributed by atoms with Gasteiger partial charge in [0, 0.05) is 5.56 Å². The van der Waals surface area contributed by atoms with Crippen molar-refractivity contribution in [2.24, 2.45) is 0 Å². The Hall–Kier alpha value is -3.72. The lowest BCUT2D eigenvalue weighted by Crippen LogP contribution is -2.55. The van der Waals surface area contributed by atoms with Crippen LogP contribution >= 0.6 is 11.8 Å². The number of hydrazine groups is 1. The number of thioether (sulfide) groups is 1. The highest BCUT2D eigenvalue weighted by molar-refractivity contribution is 8.01. The molecule has 2 aromatic heterocycles. The van der Waals surface area contributed by atoms with Crippen molar-refractivity contribution >= 4 is 34.7 Å². The summed E-state index contributed by atoms with van der Waals surface area (Å²) in [4.78, 5) is 35.9. The van der Waals surface area contributed by atoms with E-state index < -0.39 is 5.91 Å². The number of nitrogens with one attached hydrogen (secondary N) is 1. The number of carbonyl (C=O) groups is 2. The summed E-state index contributed by atoms with van der Waals surface area (Å²) in [7, 11) is 0. The third kappa shape index (κ3) is 3.83. The summed E-state index contributed by atoms with van der Waals surface area (Å²) in [5, 5.41) is 6.24. The number of amides is 2. The molecule has 0 atom stereocenters. The van der Waals surface area contributed by atoms with Crippen molar-refractivity contribution < 1.29 is 9.59 Å². The molecule has 8 nitrogen and oxygen atoms in total. The van der Waals surface area contributed by atoms with E-state index in [1.54, 1.807) is 21.5 Å². The van der Waals surface area contributed by atoms with Gasteiger partial charge in [0.2, 0.25) is 0 Å². The van der Waals surface area contributed by atoms with Crippen LogP contribution in [0.1, 0.15) is 48.3 Å². The smallest absolute Gasteiger partial charge is 0.272 e. The van der Waals surface area contributed by atoms with E-state index in [1.165, 1.54) is 0 Å². The van der Waals surface area contributed by atoms with Crippen LogP contribution in [0, 0.1) is 6.92 Å². The normalized spacial score (nSPS) is 17.1. The maximum absolute atomic E-state index is 13.8. The van der Waals surface area contributed by atoms with Crippen LogP contribution in [0.15, 0.2) is 60.7 Å². The van der Waals surface area contributed by atoms with Gasteiger partial charge in [-0.25, -0.2) is 19.7 Å². The van der Waals surface area contributed by atoms with Gasteiger partial charge < -0.3 is 0 Å². The Morgan fingerprint density at radius 2 is 1.67 bits per heavy atom. The zero-order valence-corrected chi connectivity index (χ0v) is 20.8. The van der Waals surface area contributed by atoms with Crippen molar-refractivity contribution in [3.05, 3.63) is 72.1 Å². The third-order valence-electron chi connectivity index (χ3n) is 6.90. The number of benzene rings is 2. The lowest BCUT2D eigenvalue weighted by Gasteiger charge is -2.39. The molecule has 2 fully saturated rings. The molecule has 36 heavy (non-hydrogen) atoms. The highest BCUT2D eigenvalue weighted by Gasteiger charge is 2.48. The Bertz CT molecular complexity index is 1450. The molecule has 0 bridgehead atoms. The number of carbonyl (C=O) groups excluding carboxylic acids is 2. The van der Waals surface area contributed by atoms with E-state index in [0.717, 1.165) is 43.4 Å². The highest BCUT2D eigenvalue weighted by atomic mass is 32.2. The third-order valence-corrected chi connectivity index (χ3v) is 8.42. The quantitative estimate of drug-likeness (QED) is 0.440. The summed E-state index contributed by atoms with van der Waals surface area (Å²) in [5.41, 5.74) is 7.00. The summed E-state index contributed by atoms with van der Waals surface area (Å²) in [6.45, 7) is 1.86. The molecule has 0 unspecified atom stereocenters. The second kappa shape index (κ2) is 9.05. The van der Waals surface area contributed by atoms with Crippen molar-refractivity contribution in [2.75, 3.05) is 5.75 Å².